The lowest BCUT2D eigenvalue weighted by Crippen LogP contribution is -2.60. The van der Waals surface area contributed by atoms with Crippen LogP contribution in [0.5, 0.6) is 0 Å². The van der Waals surface area contributed by atoms with Gasteiger partial charge in [-0.05, 0) is 77.0 Å². The maximum absolute atomic E-state index is 13.0. The van der Waals surface area contributed by atoms with Crippen molar-refractivity contribution < 1.29 is 49.3 Å². The molecule has 7 atom stereocenters. The van der Waals surface area contributed by atoms with Gasteiger partial charge in [-0.15, -0.1) is 0 Å². The van der Waals surface area contributed by atoms with Gasteiger partial charge in [-0.25, -0.2) is 0 Å². The minimum atomic E-state index is -1.59. The van der Waals surface area contributed by atoms with Crippen LogP contribution in [0.3, 0.4) is 0 Å². The van der Waals surface area contributed by atoms with E-state index in [-0.39, 0.29) is 18.5 Å². The largest absolute Gasteiger partial charge is 0.466 e. The molecule has 1 saturated heterocycles. The molecular weight excluding hydrogens is 787 g/mol. The van der Waals surface area contributed by atoms with Crippen molar-refractivity contribution in [2.45, 2.75) is 243 Å². The highest BCUT2D eigenvalue weighted by Crippen LogP contribution is 2.22. The fourth-order valence-electron chi connectivity index (χ4n) is 7.33. The first-order valence-electron chi connectivity index (χ1n) is 24.9. The third-order valence-electron chi connectivity index (χ3n) is 11.4. The number of hydrogen-bond donors (Lipinski definition) is 6. The van der Waals surface area contributed by atoms with E-state index in [0.29, 0.717) is 32.3 Å². The van der Waals surface area contributed by atoms with Crippen molar-refractivity contribution >= 4 is 11.9 Å². The van der Waals surface area contributed by atoms with Crippen LogP contribution in [0.25, 0.3) is 0 Å². The summed E-state index contributed by atoms with van der Waals surface area (Å²) in [7, 11) is 0. The summed E-state index contributed by atoms with van der Waals surface area (Å²) in [6.07, 6.45) is 39.0. The number of amides is 1. The summed E-state index contributed by atoms with van der Waals surface area (Å²) < 4.78 is 16.6. The maximum atomic E-state index is 13.0. The zero-order valence-corrected chi connectivity index (χ0v) is 39.1. The Morgan fingerprint density at radius 1 is 0.581 bits per heavy atom. The molecule has 0 bridgehead atoms. The standard InChI is InChI=1S/C51H91NO10/c1-3-5-7-9-11-13-15-18-21-25-29-33-37-44(54)43(42-61-51-50(59)49(58)48(57)45(41-53)62-51)52-46(55)38-34-30-26-22-19-16-20-24-28-32-36-40-60-47(56)39-35-31-27-23-17-14-12-10-8-6-4-2/h9,11,18,20-21,24,33,37,43-45,48-51,53-54,57-59H,3-8,10,12-17,19,22-23,25-32,34-36,38-42H2,1-2H3,(H,52,55)/b11-9+,21-18+,24-20-,37-33+. The average Bonchev–Trinajstić information content (AvgIpc) is 3.27. The molecule has 0 saturated carbocycles. The summed E-state index contributed by atoms with van der Waals surface area (Å²) in [6.45, 7) is 4.14. The van der Waals surface area contributed by atoms with Gasteiger partial charge in [0, 0.05) is 12.8 Å². The zero-order chi connectivity index (χ0) is 45.3. The summed E-state index contributed by atoms with van der Waals surface area (Å²) in [5.41, 5.74) is 0. The van der Waals surface area contributed by atoms with Crippen molar-refractivity contribution in [2.24, 2.45) is 0 Å². The monoisotopic (exact) mass is 878 g/mol. The molecule has 1 amide bonds. The Balaban J connectivity index is 2.27. The Bertz CT molecular complexity index is 1170. The topological polar surface area (TPSA) is 175 Å². The van der Waals surface area contributed by atoms with Crippen molar-refractivity contribution in [3.8, 4) is 0 Å². The van der Waals surface area contributed by atoms with Crippen LogP contribution in [0.1, 0.15) is 200 Å². The Morgan fingerprint density at radius 2 is 1.06 bits per heavy atom. The van der Waals surface area contributed by atoms with Crippen molar-refractivity contribution in [3.05, 3.63) is 48.6 Å². The van der Waals surface area contributed by atoms with Gasteiger partial charge in [0.2, 0.25) is 5.91 Å². The van der Waals surface area contributed by atoms with Gasteiger partial charge in [-0.1, -0.05) is 159 Å². The van der Waals surface area contributed by atoms with Crippen LogP contribution >= 0.6 is 0 Å². The van der Waals surface area contributed by atoms with E-state index in [4.69, 9.17) is 14.2 Å². The zero-order valence-electron chi connectivity index (χ0n) is 39.1. The molecule has 11 heteroatoms. The first-order valence-corrected chi connectivity index (χ1v) is 24.9. The minimum absolute atomic E-state index is 0.0608. The Morgan fingerprint density at radius 3 is 1.65 bits per heavy atom. The second-order valence-electron chi connectivity index (χ2n) is 17.1. The van der Waals surface area contributed by atoms with Gasteiger partial charge < -0.3 is 45.1 Å². The Hall–Kier alpha value is -2.38. The van der Waals surface area contributed by atoms with E-state index >= 15 is 0 Å². The first-order chi connectivity index (χ1) is 30.2. The molecular formula is C51H91NO10. The second-order valence-corrected chi connectivity index (χ2v) is 17.1. The van der Waals surface area contributed by atoms with Crippen LogP contribution in [0, 0.1) is 0 Å². The van der Waals surface area contributed by atoms with Crippen LogP contribution in [0.4, 0.5) is 0 Å². The van der Waals surface area contributed by atoms with Crippen molar-refractivity contribution in [2.75, 3.05) is 19.8 Å². The molecule has 360 valence electrons. The van der Waals surface area contributed by atoms with Gasteiger partial charge in [-0.3, -0.25) is 9.59 Å². The van der Waals surface area contributed by atoms with Gasteiger partial charge in [-0.2, -0.15) is 0 Å². The van der Waals surface area contributed by atoms with E-state index in [2.05, 4.69) is 55.6 Å². The molecule has 62 heavy (non-hydrogen) atoms. The van der Waals surface area contributed by atoms with E-state index in [1.807, 2.05) is 6.08 Å². The molecule has 1 rings (SSSR count). The Labute approximate surface area is 376 Å². The fourth-order valence-corrected chi connectivity index (χ4v) is 7.33. The van der Waals surface area contributed by atoms with E-state index in [1.165, 1.54) is 70.6 Å². The van der Waals surface area contributed by atoms with Gasteiger partial charge in [0.05, 0.1) is 32.0 Å². The molecule has 0 radical (unpaired) electrons. The van der Waals surface area contributed by atoms with Gasteiger partial charge in [0.1, 0.15) is 24.4 Å². The van der Waals surface area contributed by atoms with Crippen LogP contribution in [0.15, 0.2) is 48.6 Å². The second kappa shape index (κ2) is 41.3. The maximum Gasteiger partial charge on any atom is 0.305 e. The highest BCUT2D eigenvalue weighted by atomic mass is 16.7. The van der Waals surface area contributed by atoms with Crippen molar-refractivity contribution in [3.63, 3.8) is 0 Å². The number of carbonyl (C=O) groups is 2. The van der Waals surface area contributed by atoms with Gasteiger partial charge >= 0.3 is 5.97 Å². The van der Waals surface area contributed by atoms with Crippen LogP contribution in [0.2, 0.25) is 0 Å². The number of allylic oxidation sites excluding steroid dienone is 7. The van der Waals surface area contributed by atoms with E-state index in [1.54, 1.807) is 6.08 Å². The number of unbranched alkanes of at least 4 members (excludes halogenated alkanes) is 21. The normalized spacial score (nSPS) is 20.5. The number of aliphatic hydroxyl groups is 5. The molecule has 0 aromatic carbocycles. The van der Waals surface area contributed by atoms with Crippen LogP contribution < -0.4 is 5.32 Å². The van der Waals surface area contributed by atoms with E-state index < -0.39 is 49.5 Å². The lowest BCUT2D eigenvalue weighted by molar-refractivity contribution is -0.302. The molecule has 6 N–H and O–H groups in total. The number of ether oxygens (including phenoxy) is 3. The third kappa shape index (κ3) is 31.5. The third-order valence-corrected chi connectivity index (χ3v) is 11.4. The molecule has 0 aliphatic carbocycles. The highest BCUT2D eigenvalue weighted by Gasteiger charge is 2.44. The Kier molecular flexibility index (Phi) is 38.4. The minimum Gasteiger partial charge on any atom is -0.466 e. The van der Waals surface area contributed by atoms with Gasteiger partial charge in [0.25, 0.3) is 0 Å². The summed E-state index contributed by atoms with van der Waals surface area (Å²) in [6, 6.07) is -0.855. The number of aliphatic hydroxyl groups excluding tert-OH is 5. The predicted molar refractivity (Wildman–Crippen MR) is 250 cm³/mol. The fraction of sp³-hybridized carbons (Fsp3) is 0.804. The first kappa shape index (κ1) is 57.6. The van der Waals surface area contributed by atoms with Crippen LogP contribution in [-0.4, -0.2) is 100 Å². The molecule has 7 unspecified atom stereocenters. The van der Waals surface area contributed by atoms with Crippen LogP contribution in [-0.2, 0) is 23.8 Å². The van der Waals surface area contributed by atoms with Crippen molar-refractivity contribution in [1.29, 1.82) is 0 Å². The summed E-state index contributed by atoms with van der Waals surface area (Å²) in [5.74, 6) is -0.289. The van der Waals surface area contributed by atoms with E-state index in [9.17, 15) is 35.1 Å². The number of esters is 1. The van der Waals surface area contributed by atoms with Crippen molar-refractivity contribution in [1.82, 2.24) is 5.32 Å². The predicted octanol–water partition coefficient (Wildman–Crippen LogP) is 9.77. The quantitative estimate of drug-likeness (QED) is 0.0197. The molecule has 0 spiro atoms. The number of rotatable bonds is 41. The number of nitrogens with one attached hydrogen (secondary N) is 1. The molecule has 0 aromatic heterocycles. The highest BCUT2D eigenvalue weighted by molar-refractivity contribution is 5.76. The number of hydrogen-bond acceptors (Lipinski definition) is 10. The molecule has 1 aliphatic heterocycles. The molecule has 1 heterocycles. The van der Waals surface area contributed by atoms with E-state index in [0.717, 1.165) is 89.9 Å². The SMILES string of the molecule is CCCC/C=C/CC/C=C/CC/C=C/C(O)C(COC1OC(CO)C(O)C(O)C1O)NC(=O)CCCCCCC/C=C\CCCCOC(=O)CCCCCCCCCCCCC. The molecule has 1 fully saturated rings. The summed E-state index contributed by atoms with van der Waals surface area (Å²) in [5, 5.41) is 54.1. The molecule has 0 aromatic rings. The van der Waals surface area contributed by atoms with Gasteiger partial charge in [0.15, 0.2) is 6.29 Å². The smallest absolute Gasteiger partial charge is 0.305 e. The molecule has 1 aliphatic rings. The lowest BCUT2D eigenvalue weighted by Gasteiger charge is -2.40. The average molecular weight is 878 g/mol. The summed E-state index contributed by atoms with van der Waals surface area (Å²) >= 11 is 0. The molecule has 11 nitrogen and oxygen atoms in total. The number of carbonyl (C=O) groups excluding carboxylic acids is 2. The lowest BCUT2D eigenvalue weighted by atomic mass is 9.99. The summed E-state index contributed by atoms with van der Waals surface area (Å²) in [4.78, 5) is 25.0.